The first kappa shape index (κ1) is 21.7. The van der Waals surface area contributed by atoms with E-state index in [0.29, 0.717) is 31.0 Å². The Balaban J connectivity index is 0.00000280. The van der Waals surface area contributed by atoms with Crippen LogP contribution in [0.25, 0.3) is 5.69 Å². The van der Waals surface area contributed by atoms with Crippen LogP contribution in [0.3, 0.4) is 0 Å². The molecule has 0 aliphatic carbocycles. The first-order chi connectivity index (χ1) is 13.2. The Morgan fingerprint density at radius 1 is 1.11 bits per heavy atom. The second kappa shape index (κ2) is 10.6. The number of nitrogens with one attached hydrogen (secondary N) is 1. The molecule has 0 atom stereocenters. The number of aromatic nitrogens is 2. The van der Waals surface area contributed by atoms with Crippen molar-refractivity contribution < 1.29 is 18.3 Å². The molecule has 28 heavy (non-hydrogen) atoms. The van der Waals surface area contributed by atoms with Gasteiger partial charge in [-0.3, -0.25) is 0 Å². The summed E-state index contributed by atoms with van der Waals surface area (Å²) in [6.45, 7) is 0.245. The Labute approximate surface area is 168 Å². The third kappa shape index (κ3) is 5.68. The summed E-state index contributed by atoms with van der Waals surface area (Å²) in [6, 6.07) is 13.2. The third-order valence-electron chi connectivity index (χ3n) is 3.95. The average Bonchev–Trinajstić information content (AvgIpc) is 3.19. The van der Waals surface area contributed by atoms with Crippen LogP contribution in [0.4, 0.5) is 8.78 Å². The maximum absolute atomic E-state index is 12.8. The lowest BCUT2D eigenvalue weighted by Crippen LogP contribution is -2.15. The second-order valence-electron chi connectivity index (χ2n) is 5.80. The van der Waals surface area contributed by atoms with Gasteiger partial charge in [-0.1, -0.05) is 24.3 Å². The van der Waals surface area contributed by atoms with Gasteiger partial charge in [0.1, 0.15) is 0 Å². The molecule has 0 amide bonds. The number of hydrogen-bond donors (Lipinski definition) is 1. The van der Waals surface area contributed by atoms with Crippen molar-refractivity contribution in [2.45, 2.75) is 26.6 Å². The predicted octanol–water partition coefficient (Wildman–Crippen LogP) is 4.58. The van der Waals surface area contributed by atoms with Gasteiger partial charge < -0.3 is 19.4 Å². The van der Waals surface area contributed by atoms with Crippen LogP contribution >= 0.6 is 12.4 Å². The lowest BCUT2D eigenvalue weighted by Gasteiger charge is -2.16. The normalized spacial score (nSPS) is 10.6. The van der Waals surface area contributed by atoms with Crippen molar-refractivity contribution in [1.82, 2.24) is 14.9 Å². The van der Waals surface area contributed by atoms with Crippen LogP contribution in [0, 0.1) is 0 Å². The van der Waals surface area contributed by atoms with Crippen LogP contribution in [-0.4, -0.2) is 22.8 Å². The van der Waals surface area contributed by atoms with E-state index in [0.717, 1.165) is 11.3 Å². The van der Waals surface area contributed by atoms with Crippen LogP contribution < -0.4 is 14.8 Å². The van der Waals surface area contributed by atoms with Gasteiger partial charge in [-0.15, -0.1) is 12.4 Å². The molecule has 0 saturated heterocycles. The molecule has 0 spiro atoms. The molecule has 1 heterocycles. The smallest absolute Gasteiger partial charge is 0.387 e. The molecule has 8 heteroatoms. The minimum absolute atomic E-state index is 0. The van der Waals surface area contributed by atoms with Crippen molar-refractivity contribution >= 4 is 12.4 Å². The monoisotopic (exact) mass is 409 g/mol. The molecule has 3 aromatic rings. The summed E-state index contributed by atoms with van der Waals surface area (Å²) in [5, 5.41) is 3.26. The summed E-state index contributed by atoms with van der Waals surface area (Å²) in [6.07, 6.45) is 5.34. The van der Waals surface area contributed by atoms with Crippen molar-refractivity contribution in [2.24, 2.45) is 0 Å². The molecule has 1 aromatic heterocycles. The van der Waals surface area contributed by atoms with E-state index >= 15 is 0 Å². The summed E-state index contributed by atoms with van der Waals surface area (Å²) >= 11 is 0. The van der Waals surface area contributed by atoms with E-state index in [4.69, 9.17) is 4.74 Å². The fourth-order valence-corrected chi connectivity index (χ4v) is 2.73. The van der Waals surface area contributed by atoms with Gasteiger partial charge in [0.05, 0.1) is 12.9 Å². The minimum Gasteiger partial charge on any atom is -0.490 e. The van der Waals surface area contributed by atoms with Gasteiger partial charge in [-0.2, -0.15) is 8.78 Å². The van der Waals surface area contributed by atoms with E-state index in [1.165, 1.54) is 0 Å². The number of para-hydroxylation sites is 1. The van der Waals surface area contributed by atoms with Crippen LogP contribution in [0.2, 0.25) is 0 Å². The molecule has 150 valence electrons. The Kier molecular flexibility index (Phi) is 8.22. The first-order valence-corrected chi connectivity index (χ1v) is 8.65. The maximum atomic E-state index is 12.8. The van der Waals surface area contributed by atoms with Crippen LogP contribution in [-0.2, 0) is 13.1 Å². The quantitative estimate of drug-likeness (QED) is 0.561. The molecule has 0 aliphatic heterocycles. The summed E-state index contributed by atoms with van der Waals surface area (Å²) in [5.74, 6) is 0.402. The number of nitrogens with zero attached hydrogens (tertiary/aromatic N) is 2. The van der Waals surface area contributed by atoms with Gasteiger partial charge in [-0.05, 0) is 30.7 Å². The van der Waals surface area contributed by atoms with Gasteiger partial charge in [0.2, 0.25) is 0 Å². The molecule has 3 rings (SSSR count). The fourth-order valence-electron chi connectivity index (χ4n) is 2.73. The standard InChI is InChI=1S/C20H21F2N3O2.ClH/c1-2-26-18-5-3-4-16(19(18)27-20(21)22)13-24-12-15-6-8-17(9-7-15)25-11-10-23-14-25;/h3-11,14,20,24H,2,12-13H2,1H3;1H. The van der Waals surface area contributed by atoms with Crippen molar-refractivity contribution in [3.8, 4) is 17.2 Å². The second-order valence-corrected chi connectivity index (χ2v) is 5.80. The van der Waals surface area contributed by atoms with Gasteiger partial charge in [0.15, 0.2) is 11.5 Å². The van der Waals surface area contributed by atoms with E-state index in [1.54, 1.807) is 37.6 Å². The molecule has 0 radical (unpaired) electrons. The summed E-state index contributed by atoms with van der Waals surface area (Å²) in [5.41, 5.74) is 2.72. The molecule has 0 bridgehead atoms. The van der Waals surface area contributed by atoms with Gasteiger partial charge >= 0.3 is 6.61 Å². The number of ether oxygens (including phenoxy) is 2. The van der Waals surface area contributed by atoms with Gasteiger partial charge in [0.25, 0.3) is 0 Å². The lowest BCUT2D eigenvalue weighted by atomic mass is 10.1. The Bertz CT molecular complexity index is 843. The van der Waals surface area contributed by atoms with Crippen LogP contribution in [0.1, 0.15) is 18.1 Å². The third-order valence-corrected chi connectivity index (χ3v) is 3.95. The average molecular weight is 410 g/mol. The van der Waals surface area contributed by atoms with E-state index in [2.05, 4.69) is 15.0 Å². The molecular weight excluding hydrogens is 388 g/mol. The first-order valence-electron chi connectivity index (χ1n) is 8.65. The summed E-state index contributed by atoms with van der Waals surface area (Å²) in [7, 11) is 0. The van der Waals surface area contributed by atoms with Crippen molar-refractivity contribution in [3.05, 3.63) is 72.3 Å². The zero-order valence-corrected chi connectivity index (χ0v) is 16.2. The highest BCUT2D eigenvalue weighted by Gasteiger charge is 2.15. The summed E-state index contributed by atoms with van der Waals surface area (Å²) < 4.78 is 37.5. The van der Waals surface area contributed by atoms with E-state index in [-0.39, 0.29) is 18.2 Å². The molecule has 5 nitrogen and oxygen atoms in total. The highest BCUT2D eigenvalue weighted by Crippen LogP contribution is 2.32. The fraction of sp³-hybridized carbons (Fsp3) is 0.250. The van der Waals surface area contributed by atoms with Crippen LogP contribution in [0.5, 0.6) is 11.5 Å². The number of halogens is 3. The number of hydrogen-bond acceptors (Lipinski definition) is 4. The van der Waals surface area contributed by atoms with E-state index < -0.39 is 6.61 Å². The number of imidazole rings is 1. The zero-order valence-electron chi connectivity index (χ0n) is 15.3. The number of benzene rings is 2. The van der Waals surface area contributed by atoms with Crippen molar-refractivity contribution in [3.63, 3.8) is 0 Å². The SMILES string of the molecule is CCOc1cccc(CNCc2ccc(-n3ccnc3)cc2)c1OC(F)F.Cl. The molecular formula is C20H22ClF2N3O2. The Morgan fingerprint density at radius 2 is 1.89 bits per heavy atom. The van der Waals surface area contributed by atoms with Gasteiger partial charge in [-0.25, -0.2) is 4.98 Å². The van der Waals surface area contributed by atoms with Crippen molar-refractivity contribution in [1.29, 1.82) is 0 Å². The highest BCUT2D eigenvalue weighted by atomic mass is 35.5. The topological polar surface area (TPSA) is 48.3 Å². The minimum atomic E-state index is -2.90. The number of alkyl halides is 2. The molecule has 0 fully saturated rings. The van der Waals surface area contributed by atoms with Crippen LogP contribution in [0.15, 0.2) is 61.2 Å². The molecule has 0 unspecified atom stereocenters. The zero-order chi connectivity index (χ0) is 19.1. The number of rotatable bonds is 9. The Hall–Kier alpha value is -2.64. The molecule has 2 aromatic carbocycles. The van der Waals surface area contributed by atoms with E-state index in [1.807, 2.05) is 35.0 Å². The Morgan fingerprint density at radius 3 is 2.54 bits per heavy atom. The van der Waals surface area contributed by atoms with E-state index in [9.17, 15) is 8.78 Å². The predicted molar refractivity (Wildman–Crippen MR) is 106 cm³/mol. The van der Waals surface area contributed by atoms with Gasteiger partial charge in [0, 0.05) is 36.7 Å². The molecule has 0 aliphatic rings. The maximum Gasteiger partial charge on any atom is 0.387 e. The molecule has 0 saturated carbocycles. The highest BCUT2D eigenvalue weighted by molar-refractivity contribution is 5.85. The molecule has 1 N–H and O–H groups in total. The van der Waals surface area contributed by atoms with Crippen molar-refractivity contribution in [2.75, 3.05) is 6.61 Å². The largest absolute Gasteiger partial charge is 0.490 e. The summed E-state index contributed by atoms with van der Waals surface area (Å²) in [4.78, 5) is 4.03. The lowest BCUT2D eigenvalue weighted by molar-refractivity contribution is -0.0521.